The van der Waals surface area contributed by atoms with Crippen molar-refractivity contribution in [2.75, 3.05) is 0 Å². The molecule has 3 nitrogen and oxygen atoms in total. The van der Waals surface area contributed by atoms with Crippen LogP contribution in [0.5, 0.6) is 0 Å². The second-order valence-corrected chi connectivity index (χ2v) is 21.2. The fourth-order valence-corrected chi connectivity index (χ4v) is 8.56. The molecular formula is C20H35BrO3Si2. The first-order valence-corrected chi connectivity index (χ1v) is 17.6. The molecule has 0 aromatic carbocycles. The van der Waals surface area contributed by atoms with Gasteiger partial charge in [-0.25, -0.2) is 0 Å². The van der Waals surface area contributed by atoms with Crippen LogP contribution in [0.25, 0.3) is 0 Å². The zero-order valence-electron chi connectivity index (χ0n) is 17.8. The predicted octanol–water partition coefficient (Wildman–Crippen LogP) is 5.38. The summed E-state index contributed by atoms with van der Waals surface area (Å²) < 4.78 is 13.5. The van der Waals surface area contributed by atoms with E-state index in [4.69, 9.17) is 8.85 Å². The van der Waals surface area contributed by atoms with Crippen LogP contribution in [0, 0.1) is 22.7 Å². The van der Waals surface area contributed by atoms with Crippen molar-refractivity contribution in [2.24, 2.45) is 22.7 Å². The molecule has 0 heterocycles. The molecule has 0 bridgehead atoms. The Morgan fingerprint density at radius 2 is 1.58 bits per heavy atom. The minimum absolute atomic E-state index is 0.0673. The van der Waals surface area contributed by atoms with Crippen molar-refractivity contribution in [1.29, 1.82) is 0 Å². The quantitative estimate of drug-likeness (QED) is 0.418. The molecule has 3 rings (SSSR count). The van der Waals surface area contributed by atoms with E-state index in [1.54, 1.807) is 0 Å². The summed E-state index contributed by atoms with van der Waals surface area (Å²) in [7, 11) is -3.44. The van der Waals surface area contributed by atoms with Crippen molar-refractivity contribution in [3.05, 3.63) is 11.6 Å². The second kappa shape index (κ2) is 6.12. The van der Waals surface area contributed by atoms with E-state index in [0.717, 1.165) is 6.42 Å². The van der Waals surface area contributed by atoms with Gasteiger partial charge in [0.05, 0.1) is 17.0 Å². The Hall–Kier alpha value is 0.244. The van der Waals surface area contributed by atoms with Crippen molar-refractivity contribution in [2.45, 2.75) is 83.5 Å². The maximum Gasteiger partial charge on any atom is 0.184 e. The number of hydrogen-bond donors (Lipinski definition) is 0. The first-order valence-electron chi connectivity index (χ1n) is 9.83. The largest absolute Gasteiger partial charge is 0.414 e. The zero-order chi connectivity index (χ0) is 19.9. The van der Waals surface area contributed by atoms with Gasteiger partial charge in [0.25, 0.3) is 0 Å². The monoisotopic (exact) mass is 458 g/mol. The third kappa shape index (κ3) is 3.27. The molecule has 3 aliphatic carbocycles. The highest BCUT2D eigenvalue weighted by Crippen LogP contribution is 2.68. The van der Waals surface area contributed by atoms with Crippen molar-refractivity contribution in [1.82, 2.24) is 0 Å². The topological polar surface area (TPSA) is 35.5 Å². The SMILES string of the molecule is CC1(C)C[C@H]2[C@@H]([C@H]1O[Si](C)(C)C)[C@@]1(C)C(=CC(=O)[C@@H]1Br)[C@H]2O[Si](C)(C)C. The summed E-state index contributed by atoms with van der Waals surface area (Å²) in [6, 6.07) is 0. The number of alkyl halides is 1. The van der Waals surface area contributed by atoms with Crippen LogP contribution in [0.1, 0.15) is 27.2 Å². The van der Waals surface area contributed by atoms with Gasteiger partial charge in [0.2, 0.25) is 0 Å². The summed E-state index contributed by atoms with van der Waals surface area (Å²) in [6.45, 7) is 20.5. The molecular weight excluding hydrogens is 424 g/mol. The Morgan fingerprint density at radius 1 is 1.04 bits per heavy atom. The Kier molecular flexibility index (Phi) is 4.93. The highest BCUT2D eigenvalue weighted by molar-refractivity contribution is 9.10. The summed E-state index contributed by atoms with van der Waals surface area (Å²) in [5.74, 6) is 0.955. The fraction of sp³-hybridized carbons (Fsp3) is 0.850. The Morgan fingerprint density at radius 3 is 2.08 bits per heavy atom. The highest BCUT2D eigenvalue weighted by atomic mass is 79.9. The smallest absolute Gasteiger partial charge is 0.184 e. The van der Waals surface area contributed by atoms with E-state index in [1.807, 2.05) is 6.08 Å². The third-order valence-electron chi connectivity index (χ3n) is 6.36. The number of allylic oxidation sites excluding steroid dienone is 1. The van der Waals surface area contributed by atoms with Crippen molar-refractivity contribution in [3.8, 4) is 0 Å². The van der Waals surface area contributed by atoms with Crippen LogP contribution in [-0.4, -0.2) is 39.5 Å². The van der Waals surface area contributed by atoms with Gasteiger partial charge in [0.15, 0.2) is 22.4 Å². The zero-order valence-corrected chi connectivity index (χ0v) is 21.4. The van der Waals surface area contributed by atoms with Crippen LogP contribution in [0.2, 0.25) is 39.3 Å². The fourth-order valence-electron chi connectivity index (χ4n) is 5.57. The van der Waals surface area contributed by atoms with E-state index in [2.05, 4.69) is 76.0 Å². The maximum absolute atomic E-state index is 12.6. The molecule has 0 aliphatic heterocycles. The van der Waals surface area contributed by atoms with Gasteiger partial charge in [0, 0.05) is 11.3 Å². The number of carbonyl (C=O) groups excluding carboxylic acids is 1. The molecule has 6 atom stereocenters. The van der Waals surface area contributed by atoms with Crippen molar-refractivity contribution < 1.29 is 13.6 Å². The average Bonchev–Trinajstić information content (AvgIpc) is 2.89. The second-order valence-electron chi connectivity index (χ2n) is 11.3. The summed E-state index contributed by atoms with van der Waals surface area (Å²) in [5, 5.41) is 0. The number of carbonyl (C=O) groups is 1. The molecule has 3 aliphatic rings. The lowest BCUT2D eigenvalue weighted by Gasteiger charge is -2.42. The minimum Gasteiger partial charge on any atom is -0.414 e. The first-order chi connectivity index (χ1) is 11.6. The molecule has 0 amide bonds. The van der Waals surface area contributed by atoms with E-state index in [9.17, 15) is 4.79 Å². The van der Waals surface area contributed by atoms with Gasteiger partial charge in [-0.05, 0) is 68.7 Å². The van der Waals surface area contributed by atoms with Crippen LogP contribution in [0.3, 0.4) is 0 Å². The van der Waals surface area contributed by atoms with Crippen LogP contribution in [-0.2, 0) is 13.6 Å². The lowest BCUT2D eigenvalue weighted by molar-refractivity contribution is -0.115. The molecule has 0 saturated heterocycles. The van der Waals surface area contributed by atoms with E-state index in [-0.39, 0.29) is 33.6 Å². The Balaban J connectivity index is 2.09. The summed E-state index contributed by atoms with van der Waals surface area (Å²) >= 11 is 3.77. The number of halogens is 1. The van der Waals surface area contributed by atoms with Gasteiger partial charge in [0.1, 0.15) is 0 Å². The minimum atomic E-state index is -1.73. The molecule has 2 saturated carbocycles. The molecule has 148 valence electrons. The predicted molar refractivity (Wildman–Crippen MR) is 116 cm³/mol. The van der Waals surface area contributed by atoms with E-state index in [0.29, 0.717) is 11.8 Å². The molecule has 0 unspecified atom stereocenters. The van der Waals surface area contributed by atoms with E-state index >= 15 is 0 Å². The molecule has 0 N–H and O–H groups in total. The Bertz CT molecular complexity index is 646. The van der Waals surface area contributed by atoms with E-state index in [1.165, 1.54) is 5.57 Å². The number of hydrogen-bond acceptors (Lipinski definition) is 3. The summed E-state index contributed by atoms with van der Waals surface area (Å²) in [4.78, 5) is 12.5. The van der Waals surface area contributed by atoms with Crippen molar-refractivity contribution in [3.63, 3.8) is 0 Å². The van der Waals surface area contributed by atoms with Gasteiger partial charge in [-0.15, -0.1) is 0 Å². The molecule has 6 heteroatoms. The Labute approximate surface area is 169 Å². The molecule has 0 radical (unpaired) electrons. The number of ketones is 1. The first kappa shape index (κ1) is 21.0. The lowest BCUT2D eigenvalue weighted by atomic mass is 9.72. The molecule has 0 spiro atoms. The molecule has 26 heavy (non-hydrogen) atoms. The number of rotatable bonds is 4. The molecule has 2 fully saturated rings. The van der Waals surface area contributed by atoms with Gasteiger partial charge < -0.3 is 8.85 Å². The average molecular weight is 460 g/mol. The van der Waals surface area contributed by atoms with E-state index < -0.39 is 16.6 Å². The normalized spacial score (nSPS) is 42.0. The lowest BCUT2D eigenvalue weighted by Crippen LogP contribution is -2.47. The van der Waals surface area contributed by atoms with Gasteiger partial charge >= 0.3 is 0 Å². The molecule has 0 aromatic heterocycles. The van der Waals surface area contributed by atoms with Gasteiger partial charge in [-0.2, -0.15) is 0 Å². The summed E-state index contributed by atoms with van der Waals surface area (Å²) in [5.41, 5.74) is 1.12. The maximum atomic E-state index is 12.6. The third-order valence-corrected chi connectivity index (χ3v) is 9.69. The van der Waals surface area contributed by atoms with Gasteiger partial charge in [-0.3, -0.25) is 4.79 Å². The van der Waals surface area contributed by atoms with Crippen molar-refractivity contribution >= 4 is 38.3 Å². The standard InChI is InChI=1S/C20H35BrO3Si2/c1-19(2)11-12-15(18(19)24-26(7,8)9)20(3)13(10-14(22)17(20)21)16(12)23-25(4,5)6/h10,12,15-18H,11H2,1-9H3/t12-,15-,16-,17-,18+,20+/m0/s1. The van der Waals surface area contributed by atoms with Crippen LogP contribution >= 0.6 is 15.9 Å². The van der Waals surface area contributed by atoms with Crippen LogP contribution in [0.4, 0.5) is 0 Å². The van der Waals surface area contributed by atoms with Crippen LogP contribution in [0.15, 0.2) is 11.6 Å². The molecule has 0 aromatic rings. The highest BCUT2D eigenvalue weighted by Gasteiger charge is 2.69. The van der Waals surface area contributed by atoms with Crippen LogP contribution < -0.4 is 0 Å². The number of fused-ring (bicyclic) bond motifs is 3. The van der Waals surface area contributed by atoms with Gasteiger partial charge in [-0.1, -0.05) is 36.7 Å². The summed E-state index contributed by atoms with van der Waals surface area (Å²) in [6.07, 6.45) is 3.23.